The summed E-state index contributed by atoms with van der Waals surface area (Å²) in [7, 11) is 3.66. The van der Waals surface area contributed by atoms with Crippen LogP contribution in [0.5, 0.6) is 5.75 Å². The first-order valence-electron chi connectivity index (χ1n) is 6.05. The summed E-state index contributed by atoms with van der Waals surface area (Å²) in [6.45, 7) is 0. The van der Waals surface area contributed by atoms with Crippen LogP contribution in [0.4, 0.5) is 5.95 Å². The third-order valence-corrected chi connectivity index (χ3v) is 3.45. The highest BCUT2D eigenvalue weighted by molar-refractivity contribution is 5.31. The van der Waals surface area contributed by atoms with Gasteiger partial charge in [-0.15, -0.1) is 0 Å². The maximum atomic E-state index is 5.91. The summed E-state index contributed by atoms with van der Waals surface area (Å²) in [5, 5.41) is 0. The summed E-state index contributed by atoms with van der Waals surface area (Å²) in [5.74, 6) is 1.44. The Morgan fingerprint density at radius 1 is 1.24 bits per heavy atom. The molecule has 0 amide bonds. The minimum atomic E-state index is 0.372. The predicted octanol–water partition coefficient (Wildman–Crippen LogP) is 1.19. The van der Waals surface area contributed by atoms with Crippen molar-refractivity contribution in [3.8, 4) is 5.75 Å². The molecule has 1 fully saturated rings. The lowest BCUT2D eigenvalue weighted by Gasteiger charge is -2.33. The first kappa shape index (κ1) is 12.1. The molecule has 0 bridgehead atoms. The molecular weight excluding hydrogens is 216 g/mol. The van der Waals surface area contributed by atoms with E-state index in [9.17, 15) is 0 Å². The lowest BCUT2D eigenvalue weighted by Crippen LogP contribution is -2.39. The molecule has 5 heteroatoms. The summed E-state index contributed by atoms with van der Waals surface area (Å²) in [5.41, 5.74) is 5.91. The van der Waals surface area contributed by atoms with Crippen molar-refractivity contribution in [1.82, 2.24) is 9.97 Å². The van der Waals surface area contributed by atoms with Crippen molar-refractivity contribution in [2.24, 2.45) is 5.73 Å². The van der Waals surface area contributed by atoms with E-state index >= 15 is 0 Å². The van der Waals surface area contributed by atoms with Crippen LogP contribution in [0.15, 0.2) is 12.4 Å². The van der Waals surface area contributed by atoms with Crippen molar-refractivity contribution in [2.75, 3.05) is 19.1 Å². The Morgan fingerprint density at radius 2 is 1.82 bits per heavy atom. The minimum Gasteiger partial charge on any atom is -0.494 e. The van der Waals surface area contributed by atoms with Crippen LogP contribution in [0.3, 0.4) is 0 Å². The van der Waals surface area contributed by atoms with Gasteiger partial charge in [0.25, 0.3) is 0 Å². The Bertz CT molecular complexity index is 346. The third kappa shape index (κ3) is 2.85. The van der Waals surface area contributed by atoms with E-state index in [1.54, 1.807) is 19.5 Å². The number of aromatic nitrogens is 2. The second-order valence-corrected chi connectivity index (χ2v) is 4.60. The average molecular weight is 236 g/mol. The molecule has 0 radical (unpaired) electrons. The van der Waals surface area contributed by atoms with Gasteiger partial charge in [0, 0.05) is 19.1 Å². The molecule has 0 saturated heterocycles. The normalized spacial score (nSPS) is 24.4. The van der Waals surface area contributed by atoms with Crippen molar-refractivity contribution in [1.29, 1.82) is 0 Å². The van der Waals surface area contributed by atoms with Crippen LogP contribution in [0.2, 0.25) is 0 Å². The molecule has 1 aliphatic carbocycles. The second-order valence-electron chi connectivity index (χ2n) is 4.60. The SMILES string of the molecule is COc1cnc(N(C)C2CCC(N)CC2)nc1. The number of nitrogens with zero attached hydrogens (tertiary/aromatic N) is 3. The van der Waals surface area contributed by atoms with Gasteiger partial charge in [-0.2, -0.15) is 0 Å². The maximum absolute atomic E-state index is 5.91. The molecule has 0 unspecified atom stereocenters. The van der Waals surface area contributed by atoms with Crippen LogP contribution in [-0.2, 0) is 0 Å². The smallest absolute Gasteiger partial charge is 0.225 e. The summed E-state index contributed by atoms with van der Waals surface area (Å²) in [6.07, 6.45) is 7.82. The van der Waals surface area contributed by atoms with Crippen LogP contribution in [0, 0.1) is 0 Å². The monoisotopic (exact) mass is 236 g/mol. The molecular formula is C12H20N4O. The van der Waals surface area contributed by atoms with Crippen molar-refractivity contribution >= 4 is 5.95 Å². The summed E-state index contributed by atoms with van der Waals surface area (Å²) >= 11 is 0. The van der Waals surface area contributed by atoms with Crippen molar-refractivity contribution in [3.05, 3.63) is 12.4 Å². The average Bonchev–Trinajstić information content (AvgIpc) is 2.39. The lowest BCUT2D eigenvalue weighted by molar-refractivity contribution is 0.381. The van der Waals surface area contributed by atoms with Crippen LogP contribution in [0.1, 0.15) is 25.7 Å². The van der Waals surface area contributed by atoms with E-state index in [0.29, 0.717) is 17.8 Å². The number of hydrogen-bond acceptors (Lipinski definition) is 5. The van der Waals surface area contributed by atoms with Gasteiger partial charge in [-0.3, -0.25) is 0 Å². The number of anilines is 1. The zero-order chi connectivity index (χ0) is 12.3. The largest absolute Gasteiger partial charge is 0.494 e. The van der Waals surface area contributed by atoms with Crippen LogP contribution in [-0.4, -0.2) is 36.2 Å². The first-order chi connectivity index (χ1) is 8.20. The van der Waals surface area contributed by atoms with Gasteiger partial charge >= 0.3 is 0 Å². The van der Waals surface area contributed by atoms with Crippen LogP contribution < -0.4 is 15.4 Å². The quantitative estimate of drug-likeness (QED) is 0.854. The third-order valence-electron chi connectivity index (χ3n) is 3.45. The number of rotatable bonds is 3. The van der Waals surface area contributed by atoms with Crippen molar-refractivity contribution < 1.29 is 4.74 Å². The topological polar surface area (TPSA) is 64.3 Å². The van der Waals surface area contributed by atoms with E-state index in [1.165, 1.54) is 0 Å². The Hall–Kier alpha value is -1.36. The Morgan fingerprint density at radius 3 is 2.35 bits per heavy atom. The fourth-order valence-corrected chi connectivity index (χ4v) is 2.25. The minimum absolute atomic E-state index is 0.372. The van der Waals surface area contributed by atoms with Crippen molar-refractivity contribution in [3.63, 3.8) is 0 Å². The molecule has 2 rings (SSSR count). The molecule has 1 aromatic heterocycles. The fourth-order valence-electron chi connectivity index (χ4n) is 2.25. The number of nitrogens with two attached hydrogens (primary N) is 1. The van der Waals surface area contributed by atoms with Gasteiger partial charge in [-0.05, 0) is 25.7 Å². The van der Waals surface area contributed by atoms with E-state index in [2.05, 4.69) is 14.9 Å². The maximum Gasteiger partial charge on any atom is 0.225 e. The van der Waals surface area contributed by atoms with E-state index in [0.717, 1.165) is 31.6 Å². The second kappa shape index (κ2) is 5.31. The Labute approximate surface area is 102 Å². The van der Waals surface area contributed by atoms with E-state index in [-0.39, 0.29) is 0 Å². The van der Waals surface area contributed by atoms with Gasteiger partial charge in [0.15, 0.2) is 5.75 Å². The molecule has 0 aliphatic heterocycles. The fraction of sp³-hybridized carbons (Fsp3) is 0.667. The number of methoxy groups -OCH3 is 1. The molecule has 0 atom stereocenters. The standard InChI is InChI=1S/C12H20N4O/c1-16(10-5-3-9(13)4-6-10)12-14-7-11(17-2)8-15-12/h7-10H,3-6,13H2,1-2H3. The van der Waals surface area contributed by atoms with E-state index in [4.69, 9.17) is 10.5 Å². The van der Waals surface area contributed by atoms with Crippen LogP contribution in [0.25, 0.3) is 0 Å². The van der Waals surface area contributed by atoms with Gasteiger partial charge in [0.2, 0.25) is 5.95 Å². The molecule has 1 aromatic rings. The number of ether oxygens (including phenoxy) is 1. The first-order valence-corrected chi connectivity index (χ1v) is 6.05. The lowest BCUT2D eigenvalue weighted by atomic mass is 9.91. The number of hydrogen-bond donors (Lipinski definition) is 1. The highest BCUT2D eigenvalue weighted by Crippen LogP contribution is 2.23. The zero-order valence-electron chi connectivity index (χ0n) is 10.5. The Balaban J connectivity index is 2.00. The molecule has 1 heterocycles. The molecule has 17 heavy (non-hydrogen) atoms. The molecule has 5 nitrogen and oxygen atoms in total. The zero-order valence-corrected chi connectivity index (χ0v) is 10.5. The summed E-state index contributed by atoms with van der Waals surface area (Å²) < 4.78 is 5.05. The molecule has 0 aromatic carbocycles. The van der Waals surface area contributed by atoms with Crippen molar-refractivity contribution in [2.45, 2.75) is 37.8 Å². The van der Waals surface area contributed by atoms with Crippen LogP contribution >= 0.6 is 0 Å². The van der Waals surface area contributed by atoms with Gasteiger partial charge in [-0.25, -0.2) is 9.97 Å². The summed E-state index contributed by atoms with van der Waals surface area (Å²) in [6, 6.07) is 0.875. The Kier molecular flexibility index (Phi) is 3.78. The van der Waals surface area contributed by atoms with Gasteiger partial charge in [0.1, 0.15) is 0 Å². The predicted molar refractivity (Wildman–Crippen MR) is 67.2 cm³/mol. The van der Waals surface area contributed by atoms with E-state index in [1.807, 2.05) is 7.05 Å². The highest BCUT2D eigenvalue weighted by atomic mass is 16.5. The molecule has 2 N–H and O–H groups in total. The van der Waals surface area contributed by atoms with Gasteiger partial charge in [0.05, 0.1) is 19.5 Å². The molecule has 0 spiro atoms. The summed E-state index contributed by atoms with van der Waals surface area (Å²) in [4.78, 5) is 10.7. The van der Waals surface area contributed by atoms with Gasteiger partial charge in [-0.1, -0.05) is 0 Å². The molecule has 1 saturated carbocycles. The van der Waals surface area contributed by atoms with Gasteiger partial charge < -0.3 is 15.4 Å². The molecule has 1 aliphatic rings. The molecule has 94 valence electrons. The van der Waals surface area contributed by atoms with E-state index < -0.39 is 0 Å². The highest BCUT2D eigenvalue weighted by Gasteiger charge is 2.23.